The molecule has 16 heavy (non-hydrogen) atoms. The molecule has 4 heteroatoms. The lowest BCUT2D eigenvalue weighted by atomic mass is 10.2. The van der Waals surface area contributed by atoms with E-state index in [0.29, 0.717) is 5.02 Å². The van der Waals surface area contributed by atoms with Gasteiger partial charge in [-0.1, -0.05) is 29.3 Å². The van der Waals surface area contributed by atoms with Crippen molar-refractivity contribution in [3.8, 4) is 0 Å². The molecule has 1 aromatic rings. The molecule has 0 atom stereocenters. The number of rotatable bonds is 6. The Labute approximate surface area is 112 Å². The molecule has 0 spiro atoms. The molecular weight excluding hydrogens is 261 g/mol. The van der Waals surface area contributed by atoms with Crippen molar-refractivity contribution >= 4 is 35.0 Å². The van der Waals surface area contributed by atoms with E-state index in [0.717, 1.165) is 23.1 Å². The maximum Gasteiger partial charge on any atom is 0.0461 e. The van der Waals surface area contributed by atoms with Crippen LogP contribution >= 0.6 is 35.0 Å². The van der Waals surface area contributed by atoms with Crippen LogP contribution in [0.25, 0.3) is 0 Å². The predicted molar refractivity (Wildman–Crippen MR) is 75.8 cm³/mol. The second kappa shape index (κ2) is 7.44. The van der Waals surface area contributed by atoms with E-state index < -0.39 is 0 Å². The maximum absolute atomic E-state index is 6.09. The molecule has 1 aromatic carbocycles. The minimum atomic E-state index is 0.700. The summed E-state index contributed by atoms with van der Waals surface area (Å²) in [4.78, 5) is 2.20. The molecule has 0 unspecified atom stereocenters. The van der Waals surface area contributed by atoms with Gasteiger partial charge < -0.3 is 4.90 Å². The van der Waals surface area contributed by atoms with Gasteiger partial charge in [0.2, 0.25) is 0 Å². The van der Waals surface area contributed by atoms with Gasteiger partial charge >= 0.3 is 0 Å². The third-order valence-electron chi connectivity index (χ3n) is 2.17. The van der Waals surface area contributed by atoms with Gasteiger partial charge in [0.25, 0.3) is 0 Å². The number of nitrogens with zero attached hydrogens (tertiary/aromatic N) is 1. The summed E-state index contributed by atoms with van der Waals surface area (Å²) in [6.45, 7) is 1.14. The summed E-state index contributed by atoms with van der Waals surface area (Å²) in [5.41, 5.74) is 1.17. The van der Waals surface area contributed by atoms with Crippen LogP contribution in [0.4, 0.5) is 0 Å². The molecule has 90 valence electrons. The predicted octanol–water partition coefficient (Wildman–Crippen LogP) is 4.18. The highest BCUT2D eigenvalue weighted by Gasteiger charge is 2.01. The maximum atomic E-state index is 6.09. The van der Waals surface area contributed by atoms with Crippen molar-refractivity contribution in [2.45, 2.75) is 12.2 Å². The average Bonchev–Trinajstić information content (AvgIpc) is 2.20. The van der Waals surface area contributed by atoms with Gasteiger partial charge in [-0.2, -0.15) is 11.8 Å². The lowest BCUT2D eigenvalue weighted by Gasteiger charge is -2.09. The highest BCUT2D eigenvalue weighted by molar-refractivity contribution is 7.98. The van der Waals surface area contributed by atoms with Crippen LogP contribution in [-0.4, -0.2) is 31.3 Å². The fourth-order valence-electron chi connectivity index (χ4n) is 1.30. The molecule has 0 saturated carbocycles. The lowest BCUT2D eigenvalue weighted by Crippen LogP contribution is -2.13. The largest absolute Gasteiger partial charge is 0.309 e. The summed E-state index contributed by atoms with van der Waals surface area (Å²) in [6.07, 6.45) is 1.21. The van der Waals surface area contributed by atoms with Gasteiger partial charge in [-0.25, -0.2) is 0 Å². The van der Waals surface area contributed by atoms with Crippen molar-refractivity contribution in [1.29, 1.82) is 0 Å². The third kappa shape index (κ3) is 5.44. The molecule has 0 aromatic heterocycles. The lowest BCUT2D eigenvalue weighted by molar-refractivity contribution is 0.410. The standard InChI is InChI=1S/C12H17Cl2NS/c1-15(2)6-3-7-16-9-10-4-5-11(13)8-12(10)14/h4-5,8H,3,6-7,9H2,1-2H3. The summed E-state index contributed by atoms with van der Waals surface area (Å²) in [6, 6.07) is 5.70. The van der Waals surface area contributed by atoms with Crippen LogP contribution in [-0.2, 0) is 5.75 Å². The first-order valence-corrected chi connectivity index (χ1v) is 7.17. The van der Waals surface area contributed by atoms with Crippen LogP contribution in [0.3, 0.4) is 0 Å². The van der Waals surface area contributed by atoms with E-state index in [1.54, 1.807) is 6.07 Å². The highest BCUT2D eigenvalue weighted by Crippen LogP contribution is 2.24. The first-order chi connectivity index (χ1) is 7.59. The van der Waals surface area contributed by atoms with Crippen LogP contribution in [0.1, 0.15) is 12.0 Å². The monoisotopic (exact) mass is 277 g/mol. The quantitative estimate of drug-likeness (QED) is 0.718. The van der Waals surface area contributed by atoms with E-state index in [2.05, 4.69) is 19.0 Å². The Bertz CT molecular complexity index is 329. The van der Waals surface area contributed by atoms with E-state index in [9.17, 15) is 0 Å². The van der Waals surface area contributed by atoms with Gasteiger partial charge in [0, 0.05) is 15.8 Å². The Kier molecular flexibility index (Phi) is 6.59. The molecule has 0 N–H and O–H groups in total. The molecule has 0 fully saturated rings. The zero-order valence-corrected chi connectivity index (χ0v) is 12.0. The van der Waals surface area contributed by atoms with Gasteiger partial charge in [0.15, 0.2) is 0 Å². The fraction of sp³-hybridized carbons (Fsp3) is 0.500. The second-order valence-corrected chi connectivity index (χ2v) is 5.89. The van der Waals surface area contributed by atoms with E-state index in [1.165, 1.54) is 12.0 Å². The number of benzene rings is 1. The summed E-state index contributed by atoms with van der Waals surface area (Å²) in [5, 5.41) is 1.47. The molecule has 0 aliphatic rings. The van der Waals surface area contributed by atoms with Crippen molar-refractivity contribution in [1.82, 2.24) is 4.90 Å². The van der Waals surface area contributed by atoms with Crippen molar-refractivity contribution in [2.75, 3.05) is 26.4 Å². The number of thioether (sulfide) groups is 1. The fourth-order valence-corrected chi connectivity index (χ4v) is 2.81. The van der Waals surface area contributed by atoms with Gasteiger partial charge in [0.1, 0.15) is 0 Å². The van der Waals surface area contributed by atoms with Gasteiger partial charge in [-0.3, -0.25) is 0 Å². The molecule has 0 amide bonds. The van der Waals surface area contributed by atoms with Crippen LogP contribution in [0.2, 0.25) is 10.0 Å². The van der Waals surface area contributed by atoms with Gasteiger partial charge in [0.05, 0.1) is 0 Å². The molecular formula is C12H17Cl2NS. The highest BCUT2D eigenvalue weighted by atomic mass is 35.5. The topological polar surface area (TPSA) is 3.24 Å². The second-order valence-electron chi connectivity index (χ2n) is 3.95. The van der Waals surface area contributed by atoms with Crippen molar-refractivity contribution < 1.29 is 0 Å². The van der Waals surface area contributed by atoms with Crippen molar-refractivity contribution in [2.24, 2.45) is 0 Å². The smallest absolute Gasteiger partial charge is 0.0461 e. The zero-order chi connectivity index (χ0) is 12.0. The minimum absolute atomic E-state index is 0.700. The summed E-state index contributed by atoms with van der Waals surface area (Å²) in [5.74, 6) is 2.13. The van der Waals surface area contributed by atoms with Crippen LogP contribution in [0, 0.1) is 0 Å². The minimum Gasteiger partial charge on any atom is -0.309 e. The molecule has 1 rings (SSSR count). The van der Waals surface area contributed by atoms with Gasteiger partial charge in [-0.05, 0) is 50.5 Å². The molecule has 0 radical (unpaired) electrons. The molecule has 0 aliphatic heterocycles. The Morgan fingerprint density at radius 3 is 2.62 bits per heavy atom. The van der Waals surface area contributed by atoms with Crippen molar-refractivity contribution in [3.63, 3.8) is 0 Å². The Hall–Kier alpha value is 0.110. The Morgan fingerprint density at radius 1 is 1.25 bits per heavy atom. The number of hydrogen-bond acceptors (Lipinski definition) is 2. The number of halogens is 2. The van der Waals surface area contributed by atoms with E-state index in [4.69, 9.17) is 23.2 Å². The van der Waals surface area contributed by atoms with E-state index in [-0.39, 0.29) is 0 Å². The van der Waals surface area contributed by atoms with Crippen LogP contribution < -0.4 is 0 Å². The zero-order valence-electron chi connectivity index (χ0n) is 9.67. The van der Waals surface area contributed by atoms with Crippen LogP contribution in [0.5, 0.6) is 0 Å². The summed E-state index contributed by atoms with van der Waals surface area (Å²) in [7, 11) is 4.20. The van der Waals surface area contributed by atoms with Crippen molar-refractivity contribution in [3.05, 3.63) is 33.8 Å². The molecule has 0 aliphatic carbocycles. The first kappa shape index (κ1) is 14.2. The molecule has 0 heterocycles. The Balaban J connectivity index is 2.27. The molecule has 0 saturated heterocycles. The van der Waals surface area contributed by atoms with Crippen LogP contribution in [0.15, 0.2) is 18.2 Å². The molecule has 1 nitrogen and oxygen atoms in total. The first-order valence-electron chi connectivity index (χ1n) is 5.26. The van der Waals surface area contributed by atoms with Gasteiger partial charge in [-0.15, -0.1) is 0 Å². The average molecular weight is 278 g/mol. The van der Waals surface area contributed by atoms with E-state index >= 15 is 0 Å². The number of hydrogen-bond donors (Lipinski definition) is 0. The third-order valence-corrected chi connectivity index (χ3v) is 3.85. The Morgan fingerprint density at radius 2 is 2.00 bits per heavy atom. The molecule has 0 bridgehead atoms. The summed E-state index contributed by atoms with van der Waals surface area (Å²) >= 11 is 13.8. The SMILES string of the molecule is CN(C)CCCSCc1ccc(Cl)cc1Cl. The van der Waals surface area contributed by atoms with E-state index in [1.807, 2.05) is 23.9 Å². The summed E-state index contributed by atoms with van der Waals surface area (Å²) < 4.78 is 0. The normalized spacial score (nSPS) is 11.1.